The van der Waals surface area contributed by atoms with E-state index in [0.717, 1.165) is 49.5 Å². The van der Waals surface area contributed by atoms with E-state index in [1.807, 2.05) is 48.3 Å². The maximum Gasteiger partial charge on any atom is 0.317 e. The number of piperidine rings is 1. The minimum Gasteiger partial charge on any atom is -0.480 e. The zero-order valence-electron chi connectivity index (χ0n) is 13.9. The highest BCUT2D eigenvalue weighted by atomic mass is 16.5. The molecule has 128 valence electrons. The van der Waals surface area contributed by atoms with E-state index < -0.39 is 5.97 Å². The summed E-state index contributed by atoms with van der Waals surface area (Å²) in [5, 5.41) is 13.1. The summed E-state index contributed by atoms with van der Waals surface area (Å²) < 4.78 is 5.45. The number of carbonyl (C=O) groups is 1. The standard InChI is InChI=1S/C18H23N3O3/c1-20(13-18(22)23)16-7-9-21(10-8-16)12-15-11-17(24-19-15)14-5-3-2-4-6-14/h2-6,11,16H,7-10,12-13H2,1H3,(H,22,23). The third-order valence-electron chi connectivity index (χ3n) is 4.57. The van der Waals surface area contributed by atoms with Crippen molar-refractivity contribution in [3.63, 3.8) is 0 Å². The van der Waals surface area contributed by atoms with E-state index in [9.17, 15) is 4.79 Å². The van der Waals surface area contributed by atoms with Gasteiger partial charge in [0.1, 0.15) is 0 Å². The van der Waals surface area contributed by atoms with Gasteiger partial charge < -0.3 is 9.63 Å². The average molecular weight is 329 g/mol. The Bertz CT molecular complexity index is 663. The summed E-state index contributed by atoms with van der Waals surface area (Å²) in [5.74, 6) is 0.0256. The number of carboxylic acid groups (broad SMARTS) is 1. The zero-order chi connectivity index (χ0) is 16.9. The van der Waals surface area contributed by atoms with Crippen molar-refractivity contribution in [1.29, 1.82) is 0 Å². The molecule has 1 aliphatic rings. The van der Waals surface area contributed by atoms with E-state index in [-0.39, 0.29) is 6.54 Å². The van der Waals surface area contributed by atoms with E-state index in [1.54, 1.807) is 0 Å². The summed E-state index contributed by atoms with van der Waals surface area (Å²) in [6.07, 6.45) is 1.96. The Kier molecular flexibility index (Phi) is 5.27. The zero-order valence-corrected chi connectivity index (χ0v) is 13.9. The Morgan fingerprint density at radius 3 is 2.71 bits per heavy atom. The molecule has 0 spiro atoms. The molecule has 0 radical (unpaired) electrons. The molecule has 6 nitrogen and oxygen atoms in total. The Morgan fingerprint density at radius 2 is 2.04 bits per heavy atom. The monoisotopic (exact) mass is 329 g/mol. The van der Waals surface area contributed by atoms with E-state index in [4.69, 9.17) is 9.63 Å². The molecule has 1 aromatic carbocycles. The number of hydrogen-bond acceptors (Lipinski definition) is 5. The first-order valence-corrected chi connectivity index (χ1v) is 8.27. The minimum atomic E-state index is -0.768. The highest BCUT2D eigenvalue weighted by Gasteiger charge is 2.24. The SMILES string of the molecule is CN(CC(=O)O)C1CCN(Cc2cc(-c3ccccc3)on2)CC1. The molecule has 2 heterocycles. The first-order chi connectivity index (χ1) is 11.6. The van der Waals surface area contributed by atoms with Crippen molar-refractivity contribution in [3.05, 3.63) is 42.1 Å². The molecule has 0 saturated carbocycles. The second-order valence-corrected chi connectivity index (χ2v) is 6.36. The Morgan fingerprint density at radius 1 is 1.33 bits per heavy atom. The van der Waals surface area contributed by atoms with E-state index >= 15 is 0 Å². The smallest absolute Gasteiger partial charge is 0.317 e. The maximum absolute atomic E-state index is 10.8. The van der Waals surface area contributed by atoms with Crippen LogP contribution in [-0.2, 0) is 11.3 Å². The van der Waals surface area contributed by atoms with Crippen LogP contribution in [0.25, 0.3) is 11.3 Å². The third kappa shape index (κ3) is 4.21. The molecular weight excluding hydrogens is 306 g/mol. The lowest BCUT2D eigenvalue weighted by Gasteiger charge is -2.35. The molecule has 3 rings (SSSR count). The molecule has 0 aliphatic carbocycles. The van der Waals surface area contributed by atoms with Gasteiger partial charge in [-0.25, -0.2) is 0 Å². The topological polar surface area (TPSA) is 69.8 Å². The summed E-state index contributed by atoms with van der Waals surface area (Å²) in [7, 11) is 1.89. The fourth-order valence-corrected chi connectivity index (χ4v) is 3.21. The molecular formula is C18H23N3O3. The first kappa shape index (κ1) is 16.7. The summed E-state index contributed by atoms with van der Waals surface area (Å²) in [4.78, 5) is 15.1. The molecule has 24 heavy (non-hydrogen) atoms. The first-order valence-electron chi connectivity index (χ1n) is 8.27. The lowest BCUT2D eigenvalue weighted by atomic mass is 10.0. The molecule has 1 aromatic heterocycles. The minimum absolute atomic E-state index is 0.106. The van der Waals surface area contributed by atoms with Crippen molar-refractivity contribution < 1.29 is 14.4 Å². The summed E-state index contributed by atoms with van der Waals surface area (Å²) >= 11 is 0. The molecule has 0 atom stereocenters. The molecule has 0 amide bonds. The van der Waals surface area contributed by atoms with Gasteiger partial charge in [0.05, 0.1) is 12.2 Å². The normalized spacial score (nSPS) is 16.6. The fraction of sp³-hybridized carbons (Fsp3) is 0.444. The second-order valence-electron chi connectivity index (χ2n) is 6.36. The molecule has 6 heteroatoms. The summed E-state index contributed by atoms with van der Waals surface area (Å²) in [6, 6.07) is 12.3. The van der Waals surface area contributed by atoms with Crippen LogP contribution in [0.3, 0.4) is 0 Å². The number of aliphatic carboxylic acids is 1. The number of likely N-dealkylation sites (N-methyl/N-ethyl adjacent to an activating group) is 1. The van der Waals surface area contributed by atoms with Crippen LogP contribution in [0.5, 0.6) is 0 Å². The molecule has 1 N–H and O–H groups in total. The maximum atomic E-state index is 10.8. The fourth-order valence-electron chi connectivity index (χ4n) is 3.21. The number of aromatic nitrogens is 1. The van der Waals surface area contributed by atoms with Crippen molar-refractivity contribution in [2.24, 2.45) is 0 Å². The van der Waals surface area contributed by atoms with Gasteiger partial charge in [-0.05, 0) is 19.9 Å². The Hall–Kier alpha value is -2.18. The number of rotatable bonds is 6. The van der Waals surface area contributed by atoms with Crippen LogP contribution >= 0.6 is 0 Å². The quantitative estimate of drug-likeness (QED) is 0.877. The van der Waals surface area contributed by atoms with Crippen molar-refractivity contribution in [1.82, 2.24) is 15.0 Å². The molecule has 0 bridgehead atoms. The van der Waals surface area contributed by atoms with Gasteiger partial charge >= 0.3 is 5.97 Å². The van der Waals surface area contributed by atoms with Crippen LogP contribution in [0.1, 0.15) is 18.5 Å². The summed E-state index contributed by atoms with van der Waals surface area (Å²) in [6.45, 7) is 2.77. The number of nitrogens with zero attached hydrogens (tertiary/aromatic N) is 3. The Balaban J connectivity index is 1.52. The number of hydrogen-bond donors (Lipinski definition) is 1. The predicted molar refractivity (Wildman–Crippen MR) is 90.5 cm³/mol. The van der Waals surface area contributed by atoms with E-state index in [2.05, 4.69) is 10.1 Å². The highest BCUT2D eigenvalue weighted by Crippen LogP contribution is 2.22. The lowest BCUT2D eigenvalue weighted by Crippen LogP contribution is -2.44. The molecule has 1 fully saturated rings. The van der Waals surface area contributed by atoms with E-state index in [0.29, 0.717) is 6.04 Å². The number of carboxylic acids is 1. The van der Waals surface area contributed by atoms with Crippen LogP contribution in [0, 0.1) is 0 Å². The Labute approximate surface area is 141 Å². The van der Waals surface area contributed by atoms with Crippen LogP contribution in [0.2, 0.25) is 0 Å². The third-order valence-corrected chi connectivity index (χ3v) is 4.57. The van der Waals surface area contributed by atoms with Crippen molar-refractivity contribution >= 4 is 5.97 Å². The van der Waals surface area contributed by atoms with E-state index in [1.165, 1.54) is 0 Å². The van der Waals surface area contributed by atoms with Gasteiger partial charge in [-0.3, -0.25) is 14.6 Å². The van der Waals surface area contributed by atoms with Crippen molar-refractivity contribution in [2.75, 3.05) is 26.7 Å². The molecule has 1 aliphatic heterocycles. The van der Waals surface area contributed by atoms with Gasteiger partial charge in [0.2, 0.25) is 0 Å². The van der Waals surface area contributed by atoms with Gasteiger partial charge in [-0.1, -0.05) is 35.5 Å². The summed E-state index contributed by atoms with van der Waals surface area (Å²) in [5.41, 5.74) is 1.97. The van der Waals surface area contributed by atoms with Gasteiger partial charge in [0, 0.05) is 37.3 Å². The van der Waals surface area contributed by atoms with Crippen LogP contribution in [0.4, 0.5) is 0 Å². The van der Waals surface area contributed by atoms with Gasteiger partial charge in [-0.2, -0.15) is 0 Å². The molecule has 1 saturated heterocycles. The lowest BCUT2D eigenvalue weighted by molar-refractivity contribution is -0.138. The van der Waals surface area contributed by atoms with Crippen LogP contribution in [0.15, 0.2) is 40.9 Å². The molecule has 0 unspecified atom stereocenters. The van der Waals surface area contributed by atoms with Gasteiger partial charge in [0.15, 0.2) is 5.76 Å². The predicted octanol–water partition coefficient (Wildman–Crippen LogP) is 2.32. The van der Waals surface area contributed by atoms with Crippen molar-refractivity contribution in [3.8, 4) is 11.3 Å². The number of likely N-dealkylation sites (tertiary alicyclic amines) is 1. The van der Waals surface area contributed by atoms with Crippen molar-refractivity contribution in [2.45, 2.75) is 25.4 Å². The molecule has 2 aromatic rings. The van der Waals surface area contributed by atoms with Gasteiger partial charge in [-0.15, -0.1) is 0 Å². The van der Waals surface area contributed by atoms with Gasteiger partial charge in [0.25, 0.3) is 0 Å². The van der Waals surface area contributed by atoms with Crippen LogP contribution in [-0.4, -0.2) is 58.8 Å². The van der Waals surface area contributed by atoms with Crippen LogP contribution < -0.4 is 0 Å². The average Bonchev–Trinajstić information content (AvgIpc) is 3.04. The highest BCUT2D eigenvalue weighted by molar-refractivity contribution is 5.69. The largest absolute Gasteiger partial charge is 0.480 e. The number of benzene rings is 1. The second kappa shape index (κ2) is 7.59.